The second-order valence-electron chi connectivity index (χ2n) is 6.03. The molecule has 136 valence electrons. The molecule has 2 aliphatic rings. The number of nitrogens with zero attached hydrogens (tertiary/aromatic N) is 1. The molecule has 0 saturated carbocycles. The number of hydrogen-bond acceptors (Lipinski definition) is 6. The lowest BCUT2D eigenvalue weighted by Gasteiger charge is -2.30. The maximum absolute atomic E-state index is 9.19. The first-order chi connectivity index (χ1) is 11.3. The predicted octanol–water partition coefficient (Wildman–Crippen LogP) is 0.940. The molecule has 8 heteroatoms. The molecule has 2 aliphatic heterocycles. The molecule has 1 atom stereocenters. The average Bonchev–Trinajstić information content (AvgIpc) is 2.52. The smallest absolute Gasteiger partial charge is 0.261 e. The Hall–Kier alpha value is -1.35. The molecule has 1 fully saturated rings. The van der Waals surface area contributed by atoms with Gasteiger partial charge in [0.05, 0.1) is 18.6 Å². The predicted molar refractivity (Wildman–Crippen MR) is 93.6 cm³/mol. The Kier molecular flexibility index (Phi) is 6.85. The van der Waals surface area contributed by atoms with Gasteiger partial charge in [0.2, 0.25) is 0 Å². The van der Waals surface area contributed by atoms with E-state index >= 15 is 0 Å². The van der Waals surface area contributed by atoms with E-state index in [2.05, 4.69) is 35.5 Å². The van der Waals surface area contributed by atoms with Crippen LogP contribution in [0, 0.1) is 0 Å². The fraction of sp³-hybridized carbons (Fsp3) is 0.625. The van der Waals surface area contributed by atoms with E-state index in [1.165, 1.54) is 17.7 Å². The summed E-state index contributed by atoms with van der Waals surface area (Å²) in [5, 5.41) is 3.33. The lowest BCUT2D eigenvalue weighted by molar-refractivity contribution is 0.000274. The Labute approximate surface area is 143 Å². The quantitative estimate of drug-likeness (QED) is 0.778. The van der Waals surface area contributed by atoms with Crippen LogP contribution in [0.15, 0.2) is 18.2 Å². The molecule has 1 saturated heterocycles. The molecule has 1 unspecified atom stereocenters. The molecule has 0 radical (unpaired) electrons. The van der Waals surface area contributed by atoms with E-state index in [1.807, 2.05) is 0 Å². The Morgan fingerprint density at radius 2 is 2.21 bits per heavy atom. The standard InChI is InChI=1S/C15H22N2O2.CH4O3S/c1-17-8-3-5-12-4-2-6-14(15(12)17)19-11-13-10-16-7-9-18-13;1-5(2,3)4/h2,4,6,13,16H,3,5,7-11H2,1H3;1H3,(H,2,3,4). The van der Waals surface area contributed by atoms with Crippen molar-refractivity contribution in [1.29, 1.82) is 0 Å². The van der Waals surface area contributed by atoms with Gasteiger partial charge in [0.1, 0.15) is 18.5 Å². The van der Waals surface area contributed by atoms with E-state index in [9.17, 15) is 8.42 Å². The number of para-hydroxylation sites is 1. The van der Waals surface area contributed by atoms with Gasteiger partial charge >= 0.3 is 0 Å². The van der Waals surface area contributed by atoms with Crippen molar-refractivity contribution in [2.45, 2.75) is 18.9 Å². The summed E-state index contributed by atoms with van der Waals surface area (Å²) >= 11 is 0. The van der Waals surface area contributed by atoms with Crippen molar-refractivity contribution in [3.05, 3.63) is 23.8 Å². The number of rotatable bonds is 3. The zero-order chi connectivity index (χ0) is 17.6. The van der Waals surface area contributed by atoms with Gasteiger partial charge in [-0.15, -0.1) is 0 Å². The van der Waals surface area contributed by atoms with Crippen LogP contribution in [0.4, 0.5) is 5.69 Å². The highest BCUT2D eigenvalue weighted by atomic mass is 32.2. The van der Waals surface area contributed by atoms with Gasteiger partial charge in [-0.25, -0.2) is 0 Å². The minimum Gasteiger partial charge on any atom is -0.489 e. The largest absolute Gasteiger partial charge is 0.489 e. The minimum absolute atomic E-state index is 0.165. The van der Waals surface area contributed by atoms with Gasteiger partial charge in [-0.1, -0.05) is 12.1 Å². The normalized spacial score (nSPS) is 20.6. The molecule has 0 spiro atoms. The summed E-state index contributed by atoms with van der Waals surface area (Å²) in [5.41, 5.74) is 2.66. The van der Waals surface area contributed by atoms with Gasteiger partial charge in [0.25, 0.3) is 10.1 Å². The number of hydrogen-bond donors (Lipinski definition) is 2. The first-order valence-electron chi connectivity index (χ1n) is 8.05. The van der Waals surface area contributed by atoms with Crippen LogP contribution in [0.5, 0.6) is 5.75 Å². The Morgan fingerprint density at radius 3 is 2.88 bits per heavy atom. The number of benzene rings is 1. The molecule has 2 heterocycles. The van der Waals surface area contributed by atoms with Crippen molar-refractivity contribution in [2.75, 3.05) is 51.1 Å². The third-order valence-corrected chi connectivity index (χ3v) is 3.83. The highest BCUT2D eigenvalue weighted by molar-refractivity contribution is 7.85. The lowest BCUT2D eigenvalue weighted by atomic mass is 10.0. The molecule has 0 aliphatic carbocycles. The molecule has 1 aromatic rings. The van der Waals surface area contributed by atoms with Crippen LogP contribution in [-0.4, -0.2) is 65.2 Å². The molecular weight excluding hydrogens is 332 g/mol. The average molecular weight is 358 g/mol. The number of ether oxygens (including phenoxy) is 2. The van der Waals surface area contributed by atoms with Crippen LogP contribution < -0.4 is 15.0 Å². The first kappa shape index (κ1) is 19.0. The zero-order valence-corrected chi connectivity index (χ0v) is 15.0. The second-order valence-corrected chi connectivity index (χ2v) is 7.50. The molecule has 24 heavy (non-hydrogen) atoms. The highest BCUT2D eigenvalue weighted by Gasteiger charge is 2.20. The van der Waals surface area contributed by atoms with Crippen LogP contribution in [0.25, 0.3) is 0 Å². The van der Waals surface area contributed by atoms with Crippen molar-refractivity contribution in [2.24, 2.45) is 0 Å². The molecule has 0 bridgehead atoms. The van der Waals surface area contributed by atoms with E-state index in [-0.39, 0.29) is 6.10 Å². The van der Waals surface area contributed by atoms with Gasteiger partial charge in [-0.05, 0) is 24.5 Å². The van der Waals surface area contributed by atoms with Gasteiger partial charge < -0.3 is 19.7 Å². The highest BCUT2D eigenvalue weighted by Crippen LogP contribution is 2.35. The summed E-state index contributed by atoms with van der Waals surface area (Å²) in [6.45, 7) is 4.33. The van der Waals surface area contributed by atoms with Gasteiger partial charge in [-0.2, -0.15) is 8.42 Å². The fourth-order valence-electron chi connectivity index (χ4n) is 2.85. The summed E-state index contributed by atoms with van der Waals surface area (Å²) in [7, 11) is -1.52. The zero-order valence-electron chi connectivity index (χ0n) is 14.2. The minimum atomic E-state index is -3.67. The van der Waals surface area contributed by atoms with Crippen LogP contribution in [0.1, 0.15) is 12.0 Å². The van der Waals surface area contributed by atoms with Gasteiger partial charge in [-0.3, -0.25) is 4.55 Å². The van der Waals surface area contributed by atoms with Crippen molar-refractivity contribution >= 4 is 15.8 Å². The van der Waals surface area contributed by atoms with Crippen LogP contribution in [0.2, 0.25) is 0 Å². The first-order valence-corrected chi connectivity index (χ1v) is 9.90. The number of fused-ring (bicyclic) bond motifs is 1. The maximum Gasteiger partial charge on any atom is 0.261 e. The summed E-state index contributed by atoms with van der Waals surface area (Å²) in [4.78, 5) is 2.30. The van der Waals surface area contributed by atoms with E-state index < -0.39 is 10.1 Å². The van der Waals surface area contributed by atoms with Crippen LogP contribution in [0.3, 0.4) is 0 Å². The van der Waals surface area contributed by atoms with Crippen LogP contribution in [-0.2, 0) is 21.3 Å². The third kappa shape index (κ3) is 6.27. The van der Waals surface area contributed by atoms with Gasteiger partial charge in [0.15, 0.2) is 0 Å². The van der Waals surface area contributed by atoms with Crippen molar-refractivity contribution in [3.63, 3.8) is 0 Å². The molecule has 1 aromatic carbocycles. The molecule has 2 N–H and O–H groups in total. The number of morpholine rings is 1. The summed E-state index contributed by atoms with van der Waals surface area (Å²) in [6, 6.07) is 6.36. The molecular formula is C16H26N2O5S. The molecule has 7 nitrogen and oxygen atoms in total. The van der Waals surface area contributed by atoms with E-state index in [4.69, 9.17) is 14.0 Å². The van der Waals surface area contributed by atoms with E-state index in [0.29, 0.717) is 12.9 Å². The Bertz CT molecular complexity index is 621. The Morgan fingerprint density at radius 1 is 1.46 bits per heavy atom. The van der Waals surface area contributed by atoms with E-state index in [0.717, 1.165) is 38.4 Å². The summed E-state index contributed by atoms with van der Waals surface area (Å²) < 4.78 is 37.5. The number of anilines is 1. The second kappa shape index (κ2) is 8.66. The van der Waals surface area contributed by atoms with Crippen molar-refractivity contribution < 1.29 is 22.4 Å². The van der Waals surface area contributed by atoms with Crippen molar-refractivity contribution in [1.82, 2.24) is 5.32 Å². The van der Waals surface area contributed by atoms with Crippen LogP contribution >= 0.6 is 0 Å². The molecule has 0 amide bonds. The third-order valence-electron chi connectivity index (χ3n) is 3.83. The SMILES string of the molecule is CN1CCCc2cccc(OCC3CNCCO3)c21.CS(=O)(=O)O. The number of nitrogens with one attached hydrogen (secondary N) is 1. The fourth-order valence-corrected chi connectivity index (χ4v) is 2.85. The lowest BCUT2D eigenvalue weighted by Crippen LogP contribution is -2.41. The monoisotopic (exact) mass is 358 g/mol. The Balaban J connectivity index is 0.000000368. The summed E-state index contributed by atoms with van der Waals surface area (Å²) in [6.07, 6.45) is 3.26. The topological polar surface area (TPSA) is 88.1 Å². The molecule has 0 aromatic heterocycles. The van der Waals surface area contributed by atoms with Gasteiger partial charge in [0, 0.05) is 26.7 Å². The van der Waals surface area contributed by atoms with Crippen molar-refractivity contribution in [3.8, 4) is 5.75 Å². The summed E-state index contributed by atoms with van der Waals surface area (Å²) in [5.74, 6) is 0.994. The molecule has 3 rings (SSSR count). The number of aryl methyl sites for hydroxylation is 1. The maximum atomic E-state index is 9.19. The van der Waals surface area contributed by atoms with E-state index in [1.54, 1.807) is 0 Å².